The van der Waals surface area contributed by atoms with E-state index in [-0.39, 0.29) is 0 Å². The number of anilines is 1. The SMILES string of the molecule is CNc1cccc(COCC(C)C)n1. The number of nitrogens with one attached hydrogen (secondary N) is 1. The summed E-state index contributed by atoms with van der Waals surface area (Å²) in [6.07, 6.45) is 0. The highest BCUT2D eigenvalue weighted by Crippen LogP contribution is 2.05. The molecule has 0 radical (unpaired) electrons. The predicted molar refractivity (Wildman–Crippen MR) is 58.3 cm³/mol. The molecule has 0 atom stereocenters. The Kier molecular flexibility index (Phi) is 4.40. The van der Waals surface area contributed by atoms with E-state index in [1.807, 2.05) is 25.2 Å². The number of hydrogen-bond acceptors (Lipinski definition) is 3. The Morgan fingerprint density at radius 1 is 1.43 bits per heavy atom. The van der Waals surface area contributed by atoms with E-state index in [2.05, 4.69) is 24.1 Å². The van der Waals surface area contributed by atoms with Crippen molar-refractivity contribution in [2.45, 2.75) is 20.5 Å². The van der Waals surface area contributed by atoms with Crippen LogP contribution in [0.2, 0.25) is 0 Å². The van der Waals surface area contributed by atoms with Crippen molar-refractivity contribution < 1.29 is 4.74 Å². The largest absolute Gasteiger partial charge is 0.375 e. The summed E-state index contributed by atoms with van der Waals surface area (Å²) in [6, 6.07) is 5.89. The van der Waals surface area contributed by atoms with Crippen molar-refractivity contribution in [1.82, 2.24) is 4.98 Å². The van der Waals surface area contributed by atoms with Gasteiger partial charge < -0.3 is 10.1 Å². The van der Waals surface area contributed by atoms with Crippen LogP contribution in [0.1, 0.15) is 19.5 Å². The maximum atomic E-state index is 5.49. The summed E-state index contributed by atoms with van der Waals surface area (Å²) in [5.41, 5.74) is 0.970. The Morgan fingerprint density at radius 3 is 2.86 bits per heavy atom. The first kappa shape index (κ1) is 11.0. The Bertz CT molecular complexity index is 274. The lowest BCUT2D eigenvalue weighted by molar-refractivity contribution is 0.0949. The zero-order chi connectivity index (χ0) is 10.4. The molecule has 1 aromatic heterocycles. The number of rotatable bonds is 5. The van der Waals surface area contributed by atoms with Gasteiger partial charge in [-0.25, -0.2) is 4.98 Å². The summed E-state index contributed by atoms with van der Waals surface area (Å²) in [5, 5.41) is 3.00. The molecule has 0 bridgehead atoms. The van der Waals surface area contributed by atoms with E-state index >= 15 is 0 Å². The Hall–Kier alpha value is -1.09. The monoisotopic (exact) mass is 194 g/mol. The Labute approximate surface area is 85.5 Å². The first-order valence-electron chi connectivity index (χ1n) is 4.94. The van der Waals surface area contributed by atoms with Gasteiger partial charge in [-0.05, 0) is 18.1 Å². The normalized spacial score (nSPS) is 10.6. The summed E-state index contributed by atoms with van der Waals surface area (Å²) in [7, 11) is 1.86. The summed E-state index contributed by atoms with van der Waals surface area (Å²) >= 11 is 0. The molecule has 0 spiro atoms. The van der Waals surface area contributed by atoms with Crippen LogP contribution in [0.15, 0.2) is 18.2 Å². The molecule has 0 unspecified atom stereocenters. The van der Waals surface area contributed by atoms with Crippen LogP contribution in [0.5, 0.6) is 0 Å². The van der Waals surface area contributed by atoms with Crippen molar-refractivity contribution in [1.29, 1.82) is 0 Å². The van der Waals surface area contributed by atoms with Crippen LogP contribution >= 0.6 is 0 Å². The molecular weight excluding hydrogens is 176 g/mol. The van der Waals surface area contributed by atoms with Crippen molar-refractivity contribution in [3.8, 4) is 0 Å². The zero-order valence-electron chi connectivity index (χ0n) is 9.08. The van der Waals surface area contributed by atoms with Crippen LogP contribution in [-0.4, -0.2) is 18.6 Å². The lowest BCUT2D eigenvalue weighted by Crippen LogP contribution is -2.03. The molecule has 0 aliphatic rings. The van der Waals surface area contributed by atoms with Crippen LogP contribution in [0.4, 0.5) is 5.82 Å². The summed E-state index contributed by atoms with van der Waals surface area (Å²) < 4.78 is 5.49. The van der Waals surface area contributed by atoms with Crippen LogP contribution in [-0.2, 0) is 11.3 Å². The van der Waals surface area contributed by atoms with Crippen molar-refractivity contribution in [3.63, 3.8) is 0 Å². The first-order chi connectivity index (χ1) is 6.72. The van der Waals surface area contributed by atoms with Crippen LogP contribution < -0.4 is 5.32 Å². The van der Waals surface area contributed by atoms with E-state index < -0.39 is 0 Å². The van der Waals surface area contributed by atoms with E-state index in [9.17, 15) is 0 Å². The van der Waals surface area contributed by atoms with Crippen LogP contribution in [0.25, 0.3) is 0 Å². The second-order valence-corrected chi connectivity index (χ2v) is 3.67. The van der Waals surface area contributed by atoms with Gasteiger partial charge in [-0.1, -0.05) is 19.9 Å². The third kappa shape index (κ3) is 3.75. The summed E-state index contributed by atoms with van der Waals surface area (Å²) in [4.78, 5) is 4.35. The summed E-state index contributed by atoms with van der Waals surface area (Å²) in [6.45, 7) is 5.65. The first-order valence-corrected chi connectivity index (χ1v) is 4.94. The molecule has 1 N–H and O–H groups in total. The Morgan fingerprint density at radius 2 is 2.21 bits per heavy atom. The molecule has 78 valence electrons. The molecular formula is C11H18N2O. The zero-order valence-corrected chi connectivity index (χ0v) is 9.08. The van der Waals surface area contributed by atoms with Crippen molar-refractivity contribution >= 4 is 5.82 Å². The lowest BCUT2D eigenvalue weighted by Gasteiger charge is -2.07. The fourth-order valence-corrected chi connectivity index (χ4v) is 1.10. The summed E-state index contributed by atoms with van der Waals surface area (Å²) in [5.74, 6) is 1.46. The lowest BCUT2D eigenvalue weighted by atomic mass is 10.2. The van der Waals surface area contributed by atoms with E-state index in [0.29, 0.717) is 12.5 Å². The fourth-order valence-electron chi connectivity index (χ4n) is 1.10. The average molecular weight is 194 g/mol. The quantitative estimate of drug-likeness (QED) is 0.781. The highest BCUT2D eigenvalue weighted by molar-refractivity contribution is 5.33. The second-order valence-electron chi connectivity index (χ2n) is 3.67. The standard InChI is InChI=1S/C11H18N2O/c1-9(2)7-14-8-10-5-4-6-11(12-3)13-10/h4-6,9H,7-8H2,1-3H3,(H,12,13). The number of pyridine rings is 1. The number of nitrogens with zero attached hydrogens (tertiary/aromatic N) is 1. The van der Waals surface area contributed by atoms with E-state index in [0.717, 1.165) is 18.1 Å². The predicted octanol–water partition coefficient (Wildman–Crippen LogP) is 2.30. The molecule has 1 rings (SSSR count). The van der Waals surface area contributed by atoms with Crippen molar-refractivity contribution in [2.75, 3.05) is 19.0 Å². The minimum absolute atomic E-state index is 0.572. The molecule has 1 heterocycles. The maximum absolute atomic E-state index is 5.49. The van der Waals surface area contributed by atoms with Gasteiger partial charge in [-0.2, -0.15) is 0 Å². The number of ether oxygens (including phenoxy) is 1. The topological polar surface area (TPSA) is 34.1 Å². The van der Waals surface area contributed by atoms with Gasteiger partial charge in [0, 0.05) is 13.7 Å². The van der Waals surface area contributed by atoms with E-state index in [4.69, 9.17) is 4.74 Å². The van der Waals surface area contributed by atoms with Gasteiger partial charge in [0.2, 0.25) is 0 Å². The highest BCUT2D eigenvalue weighted by Gasteiger charge is 1.98. The smallest absolute Gasteiger partial charge is 0.126 e. The molecule has 0 saturated heterocycles. The minimum atomic E-state index is 0.572. The van der Waals surface area contributed by atoms with E-state index in [1.54, 1.807) is 0 Å². The molecule has 3 heteroatoms. The molecule has 3 nitrogen and oxygen atoms in total. The Balaban J connectivity index is 2.42. The van der Waals surface area contributed by atoms with Gasteiger partial charge in [0.05, 0.1) is 12.3 Å². The van der Waals surface area contributed by atoms with Gasteiger partial charge in [-0.3, -0.25) is 0 Å². The molecule has 0 aromatic carbocycles. The van der Waals surface area contributed by atoms with Crippen LogP contribution in [0, 0.1) is 5.92 Å². The fraction of sp³-hybridized carbons (Fsp3) is 0.545. The minimum Gasteiger partial charge on any atom is -0.375 e. The second kappa shape index (κ2) is 5.60. The van der Waals surface area contributed by atoms with Gasteiger partial charge in [0.1, 0.15) is 5.82 Å². The maximum Gasteiger partial charge on any atom is 0.126 e. The molecule has 14 heavy (non-hydrogen) atoms. The average Bonchev–Trinajstić information content (AvgIpc) is 2.18. The van der Waals surface area contributed by atoms with Gasteiger partial charge >= 0.3 is 0 Å². The van der Waals surface area contributed by atoms with Crippen LogP contribution in [0.3, 0.4) is 0 Å². The van der Waals surface area contributed by atoms with E-state index in [1.165, 1.54) is 0 Å². The molecule has 0 aliphatic heterocycles. The van der Waals surface area contributed by atoms with Gasteiger partial charge in [-0.15, -0.1) is 0 Å². The van der Waals surface area contributed by atoms with Crippen molar-refractivity contribution in [3.05, 3.63) is 23.9 Å². The molecule has 0 fully saturated rings. The number of aromatic nitrogens is 1. The molecule has 0 aliphatic carbocycles. The van der Waals surface area contributed by atoms with Crippen molar-refractivity contribution in [2.24, 2.45) is 5.92 Å². The number of hydrogen-bond donors (Lipinski definition) is 1. The third-order valence-electron chi connectivity index (χ3n) is 1.76. The molecule has 1 aromatic rings. The molecule has 0 amide bonds. The highest BCUT2D eigenvalue weighted by atomic mass is 16.5. The van der Waals surface area contributed by atoms with Gasteiger partial charge in [0.15, 0.2) is 0 Å². The molecule has 0 saturated carbocycles. The third-order valence-corrected chi connectivity index (χ3v) is 1.76. The van der Waals surface area contributed by atoms with Gasteiger partial charge in [0.25, 0.3) is 0 Å².